The number of rotatable bonds is 3. The fourth-order valence-electron chi connectivity index (χ4n) is 2.47. The molecule has 0 radical (unpaired) electrons. The third kappa shape index (κ3) is 3.30. The maximum atomic E-state index is 13.0. The van der Waals surface area contributed by atoms with E-state index in [-0.39, 0.29) is 9.79 Å². The lowest BCUT2D eigenvalue weighted by molar-refractivity contribution is 0.588. The van der Waals surface area contributed by atoms with Gasteiger partial charge in [-0.15, -0.1) is 11.8 Å². The smallest absolute Gasteiger partial charge is 0.264 e. The topological polar surface area (TPSA) is 97.5 Å². The molecule has 0 atom stereocenters. The first-order valence-corrected chi connectivity index (χ1v) is 11.1. The fraction of sp³-hybridized carbons (Fsp3) is 0.200. The molecule has 0 bridgehead atoms. The lowest BCUT2D eigenvalue weighted by atomic mass is 10.3. The molecule has 0 aromatic heterocycles. The number of primary sulfonamides is 1. The predicted molar refractivity (Wildman–Crippen MR) is 94.1 cm³/mol. The van der Waals surface area contributed by atoms with Gasteiger partial charge >= 0.3 is 0 Å². The highest BCUT2D eigenvalue weighted by molar-refractivity contribution is 7.99. The summed E-state index contributed by atoms with van der Waals surface area (Å²) in [5, 5.41) is 5.05. The zero-order chi connectivity index (χ0) is 17.4. The van der Waals surface area contributed by atoms with Gasteiger partial charge in [0.2, 0.25) is 10.0 Å². The van der Waals surface area contributed by atoms with E-state index in [2.05, 4.69) is 0 Å². The van der Waals surface area contributed by atoms with Gasteiger partial charge in [-0.2, -0.15) is 0 Å². The zero-order valence-electron chi connectivity index (χ0n) is 12.6. The molecule has 24 heavy (non-hydrogen) atoms. The van der Waals surface area contributed by atoms with Gasteiger partial charge in [0.15, 0.2) is 0 Å². The first-order chi connectivity index (χ1) is 11.3. The minimum Gasteiger partial charge on any atom is -0.265 e. The van der Waals surface area contributed by atoms with Crippen molar-refractivity contribution in [3.63, 3.8) is 0 Å². The first-order valence-electron chi connectivity index (χ1n) is 7.17. The summed E-state index contributed by atoms with van der Waals surface area (Å²) in [5.74, 6) is 0.841. The summed E-state index contributed by atoms with van der Waals surface area (Å²) >= 11 is 1.63. The number of sulfonamides is 2. The van der Waals surface area contributed by atoms with Crippen LogP contribution in [0.25, 0.3) is 0 Å². The molecule has 128 valence electrons. The molecule has 2 aromatic carbocycles. The highest BCUT2D eigenvalue weighted by Gasteiger charge is 2.28. The van der Waals surface area contributed by atoms with Gasteiger partial charge in [-0.1, -0.05) is 12.1 Å². The molecule has 0 amide bonds. The monoisotopic (exact) mass is 384 g/mol. The Labute approximate surface area is 145 Å². The van der Waals surface area contributed by atoms with E-state index in [1.807, 2.05) is 12.1 Å². The number of hydrogen-bond donors (Lipinski definition) is 1. The number of hydrogen-bond acceptors (Lipinski definition) is 5. The van der Waals surface area contributed by atoms with Crippen LogP contribution in [0.3, 0.4) is 0 Å². The molecule has 0 spiro atoms. The van der Waals surface area contributed by atoms with Crippen LogP contribution in [0.1, 0.15) is 6.42 Å². The van der Waals surface area contributed by atoms with Gasteiger partial charge < -0.3 is 0 Å². The number of anilines is 1. The second-order valence-electron chi connectivity index (χ2n) is 5.26. The van der Waals surface area contributed by atoms with Gasteiger partial charge in [-0.3, -0.25) is 4.31 Å². The maximum absolute atomic E-state index is 13.0. The van der Waals surface area contributed by atoms with E-state index in [1.165, 1.54) is 28.6 Å². The van der Waals surface area contributed by atoms with Gasteiger partial charge in [-0.25, -0.2) is 22.0 Å². The van der Waals surface area contributed by atoms with Crippen LogP contribution < -0.4 is 9.44 Å². The molecule has 0 unspecified atom stereocenters. The molecule has 1 aliphatic rings. The molecule has 1 heterocycles. The fourth-order valence-corrected chi connectivity index (χ4v) is 5.56. The Morgan fingerprint density at radius 2 is 1.54 bits per heavy atom. The van der Waals surface area contributed by atoms with E-state index >= 15 is 0 Å². The second kappa shape index (κ2) is 6.40. The van der Waals surface area contributed by atoms with Crippen molar-refractivity contribution >= 4 is 37.5 Å². The Morgan fingerprint density at radius 1 is 0.917 bits per heavy atom. The average Bonchev–Trinajstić information content (AvgIpc) is 2.77. The van der Waals surface area contributed by atoms with Crippen LogP contribution in [0.5, 0.6) is 0 Å². The third-order valence-electron chi connectivity index (χ3n) is 3.64. The van der Waals surface area contributed by atoms with Gasteiger partial charge in [0.1, 0.15) is 0 Å². The molecule has 3 rings (SSSR count). The van der Waals surface area contributed by atoms with Crippen molar-refractivity contribution < 1.29 is 16.8 Å². The van der Waals surface area contributed by atoms with Crippen molar-refractivity contribution in [2.75, 3.05) is 16.6 Å². The Kier molecular flexibility index (Phi) is 4.60. The van der Waals surface area contributed by atoms with E-state index in [9.17, 15) is 16.8 Å². The van der Waals surface area contributed by atoms with Crippen molar-refractivity contribution in [2.45, 2.75) is 21.1 Å². The second-order valence-corrected chi connectivity index (χ2v) is 9.82. The lowest BCUT2D eigenvalue weighted by Crippen LogP contribution is -2.32. The van der Waals surface area contributed by atoms with Crippen molar-refractivity contribution in [1.82, 2.24) is 0 Å². The number of benzene rings is 2. The van der Waals surface area contributed by atoms with Crippen LogP contribution >= 0.6 is 11.8 Å². The van der Waals surface area contributed by atoms with Crippen molar-refractivity contribution in [3.05, 3.63) is 48.5 Å². The summed E-state index contributed by atoms with van der Waals surface area (Å²) in [6, 6.07) is 12.3. The molecule has 0 saturated carbocycles. The van der Waals surface area contributed by atoms with Gasteiger partial charge in [0, 0.05) is 11.4 Å². The largest absolute Gasteiger partial charge is 0.265 e. The average molecular weight is 385 g/mol. The quantitative estimate of drug-likeness (QED) is 0.873. The number of nitrogens with two attached hydrogens (primary N) is 1. The summed E-state index contributed by atoms with van der Waals surface area (Å²) in [4.78, 5) is 0.838. The third-order valence-corrected chi connectivity index (χ3v) is 7.54. The van der Waals surface area contributed by atoms with Crippen LogP contribution in [0.15, 0.2) is 63.2 Å². The SMILES string of the molecule is NS(=O)(=O)c1ccc(S(=O)(=O)N2CCCSc3ccccc32)cc1. The minimum absolute atomic E-state index is 0.0385. The molecule has 9 heteroatoms. The van der Waals surface area contributed by atoms with E-state index in [1.54, 1.807) is 23.9 Å². The van der Waals surface area contributed by atoms with Gasteiger partial charge in [0.05, 0.1) is 15.5 Å². The molecule has 0 fully saturated rings. The molecule has 1 aliphatic heterocycles. The number of para-hydroxylation sites is 1. The van der Waals surface area contributed by atoms with Crippen molar-refractivity contribution in [2.24, 2.45) is 5.14 Å². The van der Waals surface area contributed by atoms with E-state index in [0.717, 1.165) is 17.1 Å². The Bertz CT molecular complexity index is 954. The Balaban J connectivity index is 2.05. The number of nitrogens with zero attached hydrogens (tertiary/aromatic N) is 1. The van der Waals surface area contributed by atoms with Gasteiger partial charge in [-0.05, 0) is 48.6 Å². The molecule has 2 N–H and O–H groups in total. The van der Waals surface area contributed by atoms with Crippen molar-refractivity contribution in [1.29, 1.82) is 0 Å². The molecule has 0 saturated heterocycles. The standard InChI is InChI=1S/C15H16N2O4S3/c16-23(18,19)12-6-8-13(9-7-12)24(20,21)17-10-3-11-22-15-5-2-1-4-14(15)17/h1-2,4-9H,3,10-11H2,(H2,16,18,19). The summed E-state index contributed by atoms with van der Waals surface area (Å²) in [6.45, 7) is 0.378. The molecule has 6 nitrogen and oxygen atoms in total. The highest BCUT2D eigenvalue weighted by Crippen LogP contribution is 2.36. The summed E-state index contributed by atoms with van der Waals surface area (Å²) in [5.41, 5.74) is 0.649. The Morgan fingerprint density at radius 3 is 2.21 bits per heavy atom. The normalized spacial score (nSPS) is 15.6. The van der Waals surface area contributed by atoms with Crippen LogP contribution in [-0.4, -0.2) is 29.1 Å². The predicted octanol–water partition coefficient (Wildman–Crippen LogP) is 2.03. The van der Waals surface area contributed by atoms with E-state index < -0.39 is 20.0 Å². The van der Waals surface area contributed by atoms with Crippen LogP contribution in [0.2, 0.25) is 0 Å². The molecule has 0 aliphatic carbocycles. The van der Waals surface area contributed by atoms with Crippen molar-refractivity contribution in [3.8, 4) is 0 Å². The molecular formula is C15H16N2O4S3. The number of fused-ring (bicyclic) bond motifs is 1. The van der Waals surface area contributed by atoms with E-state index in [4.69, 9.17) is 5.14 Å². The number of thioether (sulfide) groups is 1. The zero-order valence-corrected chi connectivity index (χ0v) is 15.1. The minimum atomic E-state index is -3.86. The molecule has 2 aromatic rings. The Hall–Kier alpha value is -1.55. The summed E-state index contributed by atoms with van der Waals surface area (Å²) < 4.78 is 50.0. The summed E-state index contributed by atoms with van der Waals surface area (Å²) in [7, 11) is -7.63. The van der Waals surface area contributed by atoms with Crippen LogP contribution in [-0.2, 0) is 20.0 Å². The van der Waals surface area contributed by atoms with Gasteiger partial charge in [0.25, 0.3) is 10.0 Å². The maximum Gasteiger partial charge on any atom is 0.264 e. The first kappa shape index (κ1) is 17.3. The van der Waals surface area contributed by atoms with Crippen LogP contribution in [0.4, 0.5) is 5.69 Å². The highest BCUT2D eigenvalue weighted by atomic mass is 32.2. The lowest BCUT2D eigenvalue weighted by Gasteiger charge is -2.24. The van der Waals surface area contributed by atoms with E-state index in [0.29, 0.717) is 12.2 Å². The van der Waals surface area contributed by atoms with Crippen LogP contribution in [0, 0.1) is 0 Å². The summed E-state index contributed by atoms with van der Waals surface area (Å²) in [6.07, 6.45) is 0.730. The molecular weight excluding hydrogens is 368 g/mol.